The molecule has 1 atom stereocenters. The third-order valence-corrected chi connectivity index (χ3v) is 6.17. The van der Waals surface area contributed by atoms with E-state index in [0.29, 0.717) is 12.3 Å². The molecular formula is C25H31NO3. The van der Waals surface area contributed by atoms with Gasteiger partial charge in [-0.2, -0.15) is 0 Å². The van der Waals surface area contributed by atoms with E-state index in [1.807, 2.05) is 0 Å². The van der Waals surface area contributed by atoms with Gasteiger partial charge in [0.1, 0.15) is 11.5 Å². The van der Waals surface area contributed by atoms with Crippen LogP contribution < -0.4 is 9.64 Å². The number of ether oxygens (including phenoxy) is 1. The van der Waals surface area contributed by atoms with Crippen molar-refractivity contribution in [1.29, 1.82) is 0 Å². The average molecular weight is 394 g/mol. The third-order valence-electron chi connectivity index (χ3n) is 6.17. The Balaban J connectivity index is 1.26. The molecule has 0 amide bonds. The molecule has 2 aliphatic rings. The number of anilines is 1. The second-order valence-electron chi connectivity index (χ2n) is 8.63. The molecule has 2 aromatic carbocycles. The average Bonchev–Trinajstić information content (AvgIpc) is 3.51. The van der Waals surface area contributed by atoms with E-state index in [2.05, 4.69) is 60.4 Å². The van der Waals surface area contributed by atoms with E-state index in [1.165, 1.54) is 29.7 Å². The van der Waals surface area contributed by atoms with Crippen molar-refractivity contribution in [2.24, 2.45) is 5.92 Å². The van der Waals surface area contributed by atoms with Crippen LogP contribution in [0.5, 0.6) is 5.75 Å². The summed E-state index contributed by atoms with van der Waals surface area (Å²) < 4.78 is 5.82. The summed E-state index contributed by atoms with van der Waals surface area (Å²) in [5.41, 5.74) is 3.81. The molecule has 0 aromatic heterocycles. The van der Waals surface area contributed by atoms with Crippen LogP contribution in [0.2, 0.25) is 0 Å². The molecule has 4 nitrogen and oxygen atoms in total. The van der Waals surface area contributed by atoms with Crippen molar-refractivity contribution < 1.29 is 14.6 Å². The van der Waals surface area contributed by atoms with Gasteiger partial charge < -0.3 is 14.7 Å². The summed E-state index contributed by atoms with van der Waals surface area (Å²) in [5, 5.41) is 8.88. The number of rotatable bonds is 10. The van der Waals surface area contributed by atoms with Crippen LogP contribution in [-0.4, -0.2) is 37.2 Å². The summed E-state index contributed by atoms with van der Waals surface area (Å²) >= 11 is 0. The van der Waals surface area contributed by atoms with Crippen LogP contribution in [0.25, 0.3) is 0 Å². The van der Waals surface area contributed by atoms with E-state index in [4.69, 9.17) is 9.84 Å². The minimum absolute atomic E-state index is 0.0567. The van der Waals surface area contributed by atoms with Crippen LogP contribution in [0, 0.1) is 5.92 Å². The fraction of sp³-hybridized carbons (Fsp3) is 0.480. The first-order chi connectivity index (χ1) is 14.1. The van der Waals surface area contributed by atoms with Crippen molar-refractivity contribution >= 4 is 11.5 Å². The quantitative estimate of drug-likeness (QED) is 0.645. The number of benzene rings is 2. The number of ketones is 1. The summed E-state index contributed by atoms with van der Waals surface area (Å²) in [6, 6.07) is 17.2. The number of carbonyl (C=O) groups is 1. The highest BCUT2D eigenvalue weighted by molar-refractivity contribution is 5.79. The fourth-order valence-electron chi connectivity index (χ4n) is 3.93. The zero-order chi connectivity index (χ0) is 20.2. The van der Waals surface area contributed by atoms with Crippen LogP contribution in [-0.2, 0) is 4.79 Å². The van der Waals surface area contributed by atoms with Crippen LogP contribution in [0.15, 0.2) is 48.5 Å². The second-order valence-corrected chi connectivity index (χ2v) is 8.63. The largest absolute Gasteiger partial charge is 0.493 e. The summed E-state index contributed by atoms with van der Waals surface area (Å²) in [5.74, 6) is 2.63. The lowest BCUT2D eigenvalue weighted by atomic mass is 9.88. The number of Topliss-reactive ketones (excluding diaryl/α,β-unsaturated/α-hetero) is 1. The lowest BCUT2D eigenvalue weighted by Crippen LogP contribution is -2.45. The van der Waals surface area contributed by atoms with E-state index in [9.17, 15) is 4.79 Å². The van der Waals surface area contributed by atoms with Gasteiger partial charge in [-0.15, -0.1) is 0 Å². The molecule has 0 unspecified atom stereocenters. The van der Waals surface area contributed by atoms with Gasteiger partial charge in [0.2, 0.25) is 0 Å². The molecule has 1 saturated heterocycles. The van der Waals surface area contributed by atoms with Crippen molar-refractivity contribution in [1.82, 2.24) is 0 Å². The summed E-state index contributed by atoms with van der Waals surface area (Å²) in [7, 11) is 0. The Labute approximate surface area is 173 Å². The van der Waals surface area contributed by atoms with Crippen LogP contribution >= 0.6 is 0 Å². The maximum absolute atomic E-state index is 11.7. The molecular weight excluding hydrogens is 362 g/mol. The highest BCUT2D eigenvalue weighted by Crippen LogP contribution is 2.34. The van der Waals surface area contributed by atoms with Gasteiger partial charge in [-0.3, -0.25) is 4.79 Å². The molecule has 154 valence electrons. The smallest absolute Gasteiger partial charge is 0.135 e. The second kappa shape index (κ2) is 9.00. The molecule has 0 radical (unpaired) electrons. The monoisotopic (exact) mass is 393 g/mol. The van der Waals surface area contributed by atoms with Crippen molar-refractivity contribution in [2.75, 3.05) is 31.2 Å². The lowest BCUT2D eigenvalue weighted by Gasteiger charge is -2.41. The Kier molecular flexibility index (Phi) is 6.19. The zero-order valence-electron chi connectivity index (χ0n) is 17.2. The molecule has 1 heterocycles. The van der Waals surface area contributed by atoms with E-state index < -0.39 is 0 Å². The van der Waals surface area contributed by atoms with Crippen molar-refractivity contribution in [3.8, 4) is 5.75 Å². The van der Waals surface area contributed by atoms with Crippen LogP contribution in [0.1, 0.15) is 55.6 Å². The predicted molar refractivity (Wildman–Crippen MR) is 116 cm³/mol. The highest BCUT2D eigenvalue weighted by atomic mass is 16.5. The number of carbonyl (C=O) groups excluding carboxylic acids is 1. The van der Waals surface area contributed by atoms with E-state index >= 15 is 0 Å². The van der Waals surface area contributed by atoms with Gasteiger partial charge >= 0.3 is 0 Å². The van der Waals surface area contributed by atoms with Gasteiger partial charge in [0, 0.05) is 44.1 Å². The van der Waals surface area contributed by atoms with Gasteiger partial charge in [0.25, 0.3) is 0 Å². The minimum atomic E-state index is -0.0567. The first-order valence-corrected chi connectivity index (χ1v) is 10.8. The zero-order valence-corrected chi connectivity index (χ0v) is 17.2. The van der Waals surface area contributed by atoms with Gasteiger partial charge in [0.15, 0.2) is 0 Å². The van der Waals surface area contributed by atoms with E-state index in [1.54, 1.807) is 0 Å². The maximum atomic E-state index is 11.7. The van der Waals surface area contributed by atoms with Crippen molar-refractivity contribution in [2.45, 2.75) is 44.4 Å². The normalized spacial score (nSPS) is 17.7. The number of nitrogens with zero attached hydrogens (tertiary/aromatic N) is 1. The maximum Gasteiger partial charge on any atom is 0.135 e. The van der Waals surface area contributed by atoms with Crippen LogP contribution in [0.3, 0.4) is 0 Å². The Bertz CT molecular complexity index is 805. The van der Waals surface area contributed by atoms with Gasteiger partial charge in [-0.1, -0.05) is 31.2 Å². The molecule has 1 saturated carbocycles. The van der Waals surface area contributed by atoms with Gasteiger partial charge in [-0.05, 0) is 60.1 Å². The summed E-state index contributed by atoms with van der Waals surface area (Å²) in [6.45, 7) is 4.94. The van der Waals surface area contributed by atoms with Crippen LogP contribution in [0.4, 0.5) is 5.69 Å². The Morgan fingerprint density at radius 2 is 1.79 bits per heavy atom. The molecule has 0 bridgehead atoms. The molecule has 4 heteroatoms. The molecule has 0 spiro atoms. The number of aliphatic hydroxyl groups is 1. The molecule has 2 aromatic rings. The Morgan fingerprint density at radius 1 is 1.10 bits per heavy atom. The first-order valence-electron chi connectivity index (χ1n) is 10.8. The minimum Gasteiger partial charge on any atom is -0.493 e. The van der Waals surface area contributed by atoms with E-state index in [0.717, 1.165) is 31.4 Å². The standard InChI is InChI=1S/C25H31NO3/c1-18(14-24(28)12-13-27)20-4-6-21(7-5-20)22-15-26(16-22)23-8-10-25(11-9-23)29-17-19-2-3-19/h4-11,18-19,22,27H,2-3,12-17H2,1H3/t18-/m1/s1. The fourth-order valence-corrected chi connectivity index (χ4v) is 3.93. The number of aliphatic hydroxyl groups excluding tert-OH is 1. The Morgan fingerprint density at radius 3 is 2.41 bits per heavy atom. The summed E-state index contributed by atoms with van der Waals surface area (Å²) in [4.78, 5) is 14.1. The van der Waals surface area contributed by atoms with Gasteiger partial charge in [-0.25, -0.2) is 0 Å². The van der Waals surface area contributed by atoms with Crippen molar-refractivity contribution in [3.63, 3.8) is 0 Å². The molecule has 29 heavy (non-hydrogen) atoms. The topological polar surface area (TPSA) is 49.8 Å². The predicted octanol–water partition coefficient (Wildman–Crippen LogP) is 4.52. The molecule has 1 N–H and O–H groups in total. The SMILES string of the molecule is C[C@H](CC(=O)CCO)c1ccc(C2CN(c3ccc(OCC4CC4)cc3)C2)cc1. The highest BCUT2D eigenvalue weighted by Gasteiger charge is 2.28. The Hall–Kier alpha value is -2.33. The number of hydrogen-bond acceptors (Lipinski definition) is 4. The van der Waals surface area contributed by atoms with E-state index in [-0.39, 0.29) is 24.7 Å². The lowest BCUT2D eigenvalue weighted by molar-refractivity contribution is -0.120. The molecule has 1 aliphatic heterocycles. The molecule has 2 fully saturated rings. The third kappa shape index (κ3) is 5.18. The summed E-state index contributed by atoms with van der Waals surface area (Å²) in [6.07, 6.45) is 3.38. The number of hydrogen-bond donors (Lipinski definition) is 1. The molecule has 1 aliphatic carbocycles. The van der Waals surface area contributed by atoms with Gasteiger partial charge in [0.05, 0.1) is 6.61 Å². The first kappa shape index (κ1) is 20.0. The molecule has 4 rings (SSSR count). The van der Waals surface area contributed by atoms with Crippen molar-refractivity contribution in [3.05, 3.63) is 59.7 Å².